The Morgan fingerprint density at radius 3 is 3.07 bits per heavy atom. The van der Waals surface area contributed by atoms with E-state index in [4.69, 9.17) is 5.73 Å². The summed E-state index contributed by atoms with van der Waals surface area (Å²) in [6.07, 6.45) is 2.01. The van der Waals surface area contributed by atoms with Crippen LogP contribution in [-0.2, 0) is 11.2 Å². The van der Waals surface area contributed by atoms with Gasteiger partial charge in [0.1, 0.15) is 0 Å². The zero-order valence-corrected chi connectivity index (χ0v) is 9.23. The van der Waals surface area contributed by atoms with E-state index in [1.807, 2.05) is 5.38 Å². The number of nitrogens with zero attached hydrogens (tertiary/aromatic N) is 1. The van der Waals surface area contributed by atoms with Crippen LogP contribution in [0.1, 0.15) is 26.0 Å². The number of amides is 1. The number of aryl methyl sites for hydroxylation is 1. The number of carbonyl (C=O) groups is 1. The fourth-order valence-electron chi connectivity index (χ4n) is 0.955. The number of anilines is 1. The highest BCUT2D eigenvalue weighted by atomic mass is 32.1. The van der Waals surface area contributed by atoms with Gasteiger partial charge in [0.05, 0.1) is 11.7 Å². The first-order chi connectivity index (χ1) is 6.63. The van der Waals surface area contributed by atoms with Crippen molar-refractivity contribution in [3.8, 4) is 0 Å². The van der Waals surface area contributed by atoms with Gasteiger partial charge in [0.25, 0.3) is 0 Å². The van der Waals surface area contributed by atoms with Crippen LogP contribution in [0.5, 0.6) is 0 Å². The molecule has 4 nitrogen and oxygen atoms in total. The molecule has 0 bridgehead atoms. The van der Waals surface area contributed by atoms with Gasteiger partial charge in [0.2, 0.25) is 5.91 Å². The topological polar surface area (TPSA) is 68.0 Å². The summed E-state index contributed by atoms with van der Waals surface area (Å²) in [4.78, 5) is 15.5. The highest BCUT2D eigenvalue weighted by Gasteiger charge is 2.09. The van der Waals surface area contributed by atoms with Gasteiger partial charge < -0.3 is 11.1 Å². The molecule has 0 radical (unpaired) electrons. The van der Waals surface area contributed by atoms with Crippen molar-refractivity contribution < 1.29 is 4.79 Å². The van der Waals surface area contributed by atoms with Gasteiger partial charge in [0, 0.05) is 5.38 Å². The number of hydrogen-bond donors (Lipinski definition) is 2. The average Bonchev–Trinajstić information content (AvgIpc) is 2.53. The average molecular weight is 213 g/mol. The van der Waals surface area contributed by atoms with E-state index in [1.54, 1.807) is 6.92 Å². The molecular formula is C9H15N3OS. The van der Waals surface area contributed by atoms with E-state index in [1.165, 1.54) is 11.3 Å². The van der Waals surface area contributed by atoms with Crippen LogP contribution >= 0.6 is 11.3 Å². The zero-order chi connectivity index (χ0) is 10.6. The molecule has 3 N–H and O–H groups in total. The first-order valence-corrected chi connectivity index (χ1v) is 5.52. The number of thiazole rings is 1. The fraction of sp³-hybridized carbons (Fsp3) is 0.556. The molecule has 0 fully saturated rings. The molecule has 1 aromatic heterocycles. The van der Waals surface area contributed by atoms with Crippen molar-refractivity contribution in [1.29, 1.82) is 0 Å². The number of rotatable bonds is 4. The minimum absolute atomic E-state index is 0.192. The van der Waals surface area contributed by atoms with Gasteiger partial charge in [0.15, 0.2) is 5.13 Å². The standard InChI is InChI=1S/C9H15N3OS/c1-3-4-7-5-14-9(11-7)12-8(13)6(2)10/h5-6H,3-4,10H2,1-2H3,(H,11,12,13). The molecule has 0 aromatic carbocycles. The van der Waals surface area contributed by atoms with E-state index >= 15 is 0 Å². The molecule has 0 spiro atoms. The quantitative estimate of drug-likeness (QED) is 0.794. The van der Waals surface area contributed by atoms with Crippen molar-refractivity contribution in [2.45, 2.75) is 32.7 Å². The molecule has 1 heterocycles. The normalized spacial score (nSPS) is 12.5. The molecule has 1 rings (SSSR count). The van der Waals surface area contributed by atoms with Crippen LogP contribution in [0.15, 0.2) is 5.38 Å². The van der Waals surface area contributed by atoms with Gasteiger partial charge in [-0.15, -0.1) is 11.3 Å². The van der Waals surface area contributed by atoms with E-state index in [-0.39, 0.29) is 5.91 Å². The second kappa shape index (κ2) is 5.07. The molecule has 0 aliphatic rings. The third-order valence-electron chi connectivity index (χ3n) is 1.70. The summed E-state index contributed by atoms with van der Waals surface area (Å²) in [5.74, 6) is -0.192. The van der Waals surface area contributed by atoms with E-state index in [9.17, 15) is 4.79 Å². The van der Waals surface area contributed by atoms with Crippen molar-refractivity contribution in [3.63, 3.8) is 0 Å². The van der Waals surface area contributed by atoms with Crippen molar-refractivity contribution in [2.75, 3.05) is 5.32 Å². The lowest BCUT2D eigenvalue weighted by molar-refractivity contribution is -0.117. The predicted octanol–water partition coefficient (Wildman–Crippen LogP) is 1.38. The highest BCUT2D eigenvalue weighted by Crippen LogP contribution is 2.16. The summed E-state index contributed by atoms with van der Waals surface area (Å²) in [5.41, 5.74) is 6.44. The Morgan fingerprint density at radius 1 is 1.79 bits per heavy atom. The molecule has 1 atom stereocenters. The Balaban J connectivity index is 2.55. The second-order valence-electron chi connectivity index (χ2n) is 3.17. The fourth-order valence-corrected chi connectivity index (χ4v) is 1.70. The Hall–Kier alpha value is -0.940. The molecule has 0 aliphatic carbocycles. The molecule has 1 amide bonds. The van der Waals surface area contributed by atoms with E-state index in [0.29, 0.717) is 5.13 Å². The number of aromatic nitrogens is 1. The summed E-state index contributed by atoms with van der Waals surface area (Å²) < 4.78 is 0. The molecule has 1 unspecified atom stereocenters. The first kappa shape index (κ1) is 11.1. The number of hydrogen-bond acceptors (Lipinski definition) is 4. The lowest BCUT2D eigenvalue weighted by Crippen LogP contribution is -2.32. The van der Waals surface area contributed by atoms with Crippen LogP contribution in [-0.4, -0.2) is 16.9 Å². The third-order valence-corrected chi connectivity index (χ3v) is 2.51. The van der Waals surface area contributed by atoms with Crippen LogP contribution in [0, 0.1) is 0 Å². The van der Waals surface area contributed by atoms with Gasteiger partial charge in [-0.3, -0.25) is 4.79 Å². The maximum atomic E-state index is 11.2. The largest absolute Gasteiger partial charge is 0.320 e. The van der Waals surface area contributed by atoms with Crippen LogP contribution in [0.3, 0.4) is 0 Å². The molecular weight excluding hydrogens is 198 g/mol. The van der Waals surface area contributed by atoms with E-state index in [0.717, 1.165) is 18.5 Å². The molecule has 0 saturated heterocycles. The van der Waals surface area contributed by atoms with Crippen molar-refractivity contribution in [2.24, 2.45) is 5.73 Å². The molecule has 0 saturated carbocycles. The third kappa shape index (κ3) is 3.08. The summed E-state index contributed by atoms with van der Waals surface area (Å²) in [5, 5.41) is 5.26. The Bertz CT molecular complexity index is 309. The second-order valence-corrected chi connectivity index (χ2v) is 4.03. The number of nitrogens with one attached hydrogen (secondary N) is 1. The molecule has 14 heavy (non-hydrogen) atoms. The van der Waals surface area contributed by atoms with Crippen LogP contribution < -0.4 is 11.1 Å². The Morgan fingerprint density at radius 2 is 2.50 bits per heavy atom. The van der Waals surface area contributed by atoms with Crippen LogP contribution in [0.4, 0.5) is 5.13 Å². The highest BCUT2D eigenvalue weighted by molar-refractivity contribution is 7.13. The van der Waals surface area contributed by atoms with Gasteiger partial charge in [-0.1, -0.05) is 13.3 Å². The van der Waals surface area contributed by atoms with Crippen LogP contribution in [0.2, 0.25) is 0 Å². The van der Waals surface area contributed by atoms with Gasteiger partial charge >= 0.3 is 0 Å². The molecule has 0 aliphatic heterocycles. The minimum Gasteiger partial charge on any atom is -0.320 e. The van der Waals surface area contributed by atoms with Gasteiger partial charge in [-0.2, -0.15) is 0 Å². The number of nitrogens with two attached hydrogens (primary N) is 1. The molecule has 5 heteroatoms. The van der Waals surface area contributed by atoms with E-state index in [2.05, 4.69) is 17.2 Å². The first-order valence-electron chi connectivity index (χ1n) is 4.64. The maximum absolute atomic E-state index is 11.2. The maximum Gasteiger partial charge on any atom is 0.242 e. The molecule has 1 aromatic rings. The van der Waals surface area contributed by atoms with Crippen LogP contribution in [0.25, 0.3) is 0 Å². The Labute approximate surface area is 87.5 Å². The zero-order valence-electron chi connectivity index (χ0n) is 8.41. The van der Waals surface area contributed by atoms with Crippen molar-refractivity contribution in [1.82, 2.24) is 4.98 Å². The lowest BCUT2D eigenvalue weighted by Gasteiger charge is -2.03. The smallest absolute Gasteiger partial charge is 0.242 e. The minimum atomic E-state index is -0.492. The summed E-state index contributed by atoms with van der Waals surface area (Å²) in [7, 11) is 0. The summed E-state index contributed by atoms with van der Waals surface area (Å²) in [6.45, 7) is 3.75. The molecule has 78 valence electrons. The predicted molar refractivity (Wildman–Crippen MR) is 58.4 cm³/mol. The van der Waals surface area contributed by atoms with E-state index < -0.39 is 6.04 Å². The van der Waals surface area contributed by atoms with Crippen molar-refractivity contribution >= 4 is 22.4 Å². The monoisotopic (exact) mass is 213 g/mol. The lowest BCUT2D eigenvalue weighted by atomic mass is 10.3. The summed E-state index contributed by atoms with van der Waals surface area (Å²) in [6, 6.07) is -0.492. The van der Waals surface area contributed by atoms with Crippen molar-refractivity contribution in [3.05, 3.63) is 11.1 Å². The number of carbonyl (C=O) groups excluding carboxylic acids is 1. The Kier molecular flexibility index (Phi) is 4.03. The van der Waals surface area contributed by atoms with Gasteiger partial charge in [-0.25, -0.2) is 4.98 Å². The summed E-state index contributed by atoms with van der Waals surface area (Å²) >= 11 is 1.44. The van der Waals surface area contributed by atoms with Gasteiger partial charge in [-0.05, 0) is 13.3 Å². The SMILES string of the molecule is CCCc1csc(NC(=O)C(C)N)n1.